The highest BCUT2D eigenvalue weighted by Gasteiger charge is 2.29. The van der Waals surface area contributed by atoms with Gasteiger partial charge in [-0.05, 0) is 41.4 Å². The second kappa shape index (κ2) is 7.38. The first kappa shape index (κ1) is 16.6. The van der Waals surface area contributed by atoms with Crippen molar-refractivity contribution in [2.45, 2.75) is 31.2 Å². The Morgan fingerprint density at radius 3 is 2.53 bits per heavy atom. The summed E-state index contributed by atoms with van der Waals surface area (Å²) in [5.41, 5.74) is 0. The highest BCUT2D eigenvalue weighted by molar-refractivity contribution is 9.10. The maximum Gasteiger partial charge on any atom is 0.244 e. The van der Waals surface area contributed by atoms with E-state index in [0.717, 1.165) is 6.42 Å². The Bertz CT molecular complexity index is 504. The minimum atomic E-state index is -3.51. The van der Waals surface area contributed by atoms with Crippen LogP contribution in [0.2, 0.25) is 0 Å². The number of benzene rings is 1. The molecule has 0 aromatic heterocycles. The van der Waals surface area contributed by atoms with Crippen molar-refractivity contribution in [3.63, 3.8) is 0 Å². The molecule has 0 amide bonds. The second-order valence-electron chi connectivity index (χ2n) is 4.30. The topological polar surface area (TPSA) is 46.6 Å². The van der Waals surface area contributed by atoms with E-state index in [-0.39, 0.29) is 6.04 Å². The molecule has 0 spiro atoms. The first-order valence-corrected chi connectivity index (χ1v) is 8.43. The quantitative estimate of drug-likeness (QED) is 0.760. The van der Waals surface area contributed by atoms with Gasteiger partial charge in [0.2, 0.25) is 10.0 Å². The number of sulfonamides is 1. The molecule has 0 bridgehead atoms. The van der Waals surface area contributed by atoms with Crippen molar-refractivity contribution in [3.05, 3.63) is 28.7 Å². The molecule has 1 rings (SSSR count). The molecule has 0 heterocycles. The maximum absolute atomic E-state index is 12.7. The van der Waals surface area contributed by atoms with Gasteiger partial charge in [0.1, 0.15) is 0 Å². The molecule has 0 aliphatic carbocycles. The van der Waals surface area contributed by atoms with E-state index in [0.29, 0.717) is 22.5 Å². The molecule has 1 aromatic rings. The lowest BCUT2D eigenvalue weighted by molar-refractivity contribution is 0.167. The van der Waals surface area contributed by atoms with E-state index >= 15 is 0 Å². The molecule has 4 nitrogen and oxygen atoms in total. The minimum Gasteiger partial charge on any atom is -0.383 e. The zero-order valence-electron chi connectivity index (χ0n) is 11.5. The smallest absolute Gasteiger partial charge is 0.244 e. The molecule has 1 atom stereocenters. The van der Waals surface area contributed by atoms with Gasteiger partial charge in [-0.15, -0.1) is 0 Å². The van der Waals surface area contributed by atoms with Gasteiger partial charge in [-0.3, -0.25) is 0 Å². The first-order valence-electron chi connectivity index (χ1n) is 6.20. The zero-order valence-corrected chi connectivity index (χ0v) is 13.9. The standard InChI is InChI=1S/C13H20BrNO3S/c1-4-11(2)15(9-10-18-3)19(16,17)13-8-6-5-7-12(13)14/h5-8,11H,4,9-10H2,1-3H3. The van der Waals surface area contributed by atoms with Gasteiger partial charge in [0.15, 0.2) is 0 Å². The highest BCUT2D eigenvalue weighted by atomic mass is 79.9. The van der Waals surface area contributed by atoms with Crippen LogP contribution in [0, 0.1) is 0 Å². The molecule has 0 radical (unpaired) electrons. The highest BCUT2D eigenvalue weighted by Crippen LogP contribution is 2.26. The average molecular weight is 350 g/mol. The van der Waals surface area contributed by atoms with Crippen molar-refractivity contribution in [1.29, 1.82) is 0 Å². The van der Waals surface area contributed by atoms with Gasteiger partial charge in [-0.1, -0.05) is 19.1 Å². The van der Waals surface area contributed by atoms with Gasteiger partial charge in [-0.2, -0.15) is 4.31 Å². The predicted molar refractivity (Wildman–Crippen MR) is 79.7 cm³/mol. The van der Waals surface area contributed by atoms with Crippen LogP contribution in [-0.4, -0.2) is 39.0 Å². The zero-order chi connectivity index (χ0) is 14.5. The van der Waals surface area contributed by atoms with E-state index in [1.807, 2.05) is 13.8 Å². The Labute approximate surface area is 123 Å². The SMILES string of the molecule is CCC(C)N(CCOC)S(=O)(=O)c1ccccc1Br. The molecule has 0 saturated heterocycles. The van der Waals surface area contributed by atoms with E-state index in [1.165, 1.54) is 4.31 Å². The van der Waals surface area contributed by atoms with Crippen molar-refractivity contribution >= 4 is 26.0 Å². The van der Waals surface area contributed by atoms with Gasteiger partial charge in [0.05, 0.1) is 11.5 Å². The summed E-state index contributed by atoms with van der Waals surface area (Å²) in [6.07, 6.45) is 0.757. The lowest BCUT2D eigenvalue weighted by atomic mass is 10.3. The van der Waals surface area contributed by atoms with Crippen LogP contribution in [0.15, 0.2) is 33.6 Å². The third-order valence-electron chi connectivity index (χ3n) is 3.02. The number of hydrogen-bond acceptors (Lipinski definition) is 3. The van der Waals surface area contributed by atoms with Gasteiger partial charge < -0.3 is 4.74 Å². The molecule has 0 fully saturated rings. The predicted octanol–water partition coefficient (Wildman–Crippen LogP) is 2.88. The number of nitrogens with zero attached hydrogens (tertiary/aromatic N) is 1. The number of halogens is 1. The van der Waals surface area contributed by atoms with E-state index in [9.17, 15) is 8.42 Å². The summed E-state index contributed by atoms with van der Waals surface area (Å²) in [5, 5.41) is 0. The van der Waals surface area contributed by atoms with Crippen LogP contribution in [-0.2, 0) is 14.8 Å². The monoisotopic (exact) mass is 349 g/mol. The van der Waals surface area contributed by atoms with Crippen LogP contribution in [0.3, 0.4) is 0 Å². The number of methoxy groups -OCH3 is 1. The molecular formula is C13H20BrNO3S. The van der Waals surface area contributed by atoms with Crippen molar-refractivity contribution in [1.82, 2.24) is 4.31 Å². The normalized spacial score (nSPS) is 13.7. The molecule has 1 unspecified atom stereocenters. The molecule has 0 N–H and O–H groups in total. The van der Waals surface area contributed by atoms with Gasteiger partial charge in [0, 0.05) is 24.2 Å². The lowest BCUT2D eigenvalue weighted by Gasteiger charge is -2.27. The Morgan fingerprint density at radius 2 is 2.00 bits per heavy atom. The molecule has 108 valence electrons. The van der Waals surface area contributed by atoms with Crippen LogP contribution in [0.5, 0.6) is 0 Å². The largest absolute Gasteiger partial charge is 0.383 e. The summed E-state index contributed by atoms with van der Waals surface area (Å²) in [5.74, 6) is 0. The molecule has 6 heteroatoms. The summed E-state index contributed by atoms with van der Waals surface area (Å²) < 4.78 is 32.5. The summed E-state index contributed by atoms with van der Waals surface area (Å²) in [6.45, 7) is 4.62. The van der Waals surface area contributed by atoms with E-state index in [4.69, 9.17) is 4.74 Å². The van der Waals surface area contributed by atoms with E-state index in [2.05, 4.69) is 15.9 Å². The molecule has 1 aromatic carbocycles. The number of hydrogen-bond donors (Lipinski definition) is 0. The Hall–Kier alpha value is -0.430. The van der Waals surface area contributed by atoms with Crippen molar-refractivity contribution in [2.24, 2.45) is 0 Å². The molecule has 0 aliphatic rings. The Morgan fingerprint density at radius 1 is 1.37 bits per heavy atom. The molecule has 0 aliphatic heterocycles. The van der Waals surface area contributed by atoms with Crippen molar-refractivity contribution < 1.29 is 13.2 Å². The Kier molecular flexibility index (Phi) is 6.46. The summed E-state index contributed by atoms with van der Waals surface area (Å²) >= 11 is 3.30. The van der Waals surface area contributed by atoms with Gasteiger partial charge >= 0.3 is 0 Å². The summed E-state index contributed by atoms with van der Waals surface area (Å²) in [6, 6.07) is 6.81. The van der Waals surface area contributed by atoms with Crippen molar-refractivity contribution in [3.8, 4) is 0 Å². The van der Waals surface area contributed by atoms with E-state index in [1.54, 1.807) is 31.4 Å². The molecule has 0 saturated carbocycles. The van der Waals surface area contributed by atoms with Crippen LogP contribution >= 0.6 is 15.9 Å². The Balaban J connectivity index is 3.16. The van der Waals surface area contributed by atoms with Crippen LogP contribution in [0.4, 0.5) is 0 Å². The number of ether oxygens (including phenoxy) is 1. The fourth-order valence-electron chi connectivity index (χ4n) is 1.74. The third-order valence-corrected chi connectivity index (χ3v) is 6.05. The first-order chi connectivity index (χ1) is 8.95. The van der Waals surface area contributed by atoms with Crippen molar-refractivity contribution in [2.75, 3.05) is 20.3 Å². The van der Waals surface area contributed by atoms with E-state index < -0.39 is 10.0 Å². The second-order valence-corrected chi connectivity index (χ2v) is 7.01. The lowest BCUT2D eigenvalue weighted by Crippen LogP contribution is -2.40. The summed E-state index contributed by atoms with van der Waals surface area (Å²) in [7, 11) is -1.94. The molecule has 19 heavy (non-hydrogen) atoms. The van der Waals surface area contributed by atoms with Gasteiger partial charge in [-0.25, -0.2) is 8.42 Å². The fourth-order valence-corrected chi connectivity index (χ4v) is 4.40. The van der Waals surface area contributed by atoms with Gasteiger partial charge in [0.25, 0.3) is 0 Å². The minimum absolute atomic E-state index is 0.0627. The molecular weight excluding hydrogens is 330 g/mol. The van der Waals surface area contributed by atoms with Crippen LogP contribution in [0.25, 0.3) is 0 Å². The maximum atomic E-state index is 12.7. The summed E-state index contributed by atoms with van der Waals surface area (Å²) in [4.78, 5) is 0.298. The average Bonchev–Trinajstić information content (AvgIpc) is 2.38. The fraction of sp³-hybridized carbons (Fsp3) is 0.538. The van der Waals surface area contributed by atoms with Crippen LogP contribution in [0.1, 0.15) is 20.3 Å². The number of rotatable bonds is 7. The van der Waals surface area contributed by atoms with Crippen LogP contribution < -0.4 is 0 Å². The third kappa shape index (κ3) is 4.02.